The lowest BCUT2D eigenvalue weighted by molar-refractivity contribution is -0.118. The molecule has 0 radical (unpaired) electrons. The first-order valence-corrected chi connectivity index (χ1v) is 5.27. The fraction of sp³-hybridized carbons (Fsp3) is 0.600. The number of amides is 1. The molecule has 0 saturated carbocycles. The van der Waals surface area contributed by atoms with E-state index in [0.29, 0.717) is 31.3 Å². The second-order valence-corrected chi connectivity index (χ2v) is 3.76. The van der Waals surface area contributed by atoms with Crippen molar-refractivity contribution < 1.29 is 14.1 Å². The maximum Gasteiger partial charge on any atom is 0.239 e. The first-order chi connectivity index (χ1) is 7.74. The molecule has 96 valence electrons. The summed E-state index contributed by atoms with van der Waals surface area (Å²) in [6.45, 7) is 5.13. The molecule has 1 aliphatic rings. The molecule has 0 aromatic carbocycles. The van der Waals surface area contributed by atoms with E-state index in [1.165, 1.54) is 0 Å². The molecule has 1 N–H and O–H groups in total. The molecule has 0 atom stereocenters. The molecular formula is C10H16ClN3O3. The van der Waals surface area contributed by atoms with Gasteiger partial charge in [-0.2, -0.15) is 0 Å². The van der Waals surface area contributed by atoms with Crippen LogP contribution in [-0.2, 0) is 9.53 Å². The largest absolute Gasteiger partial charge is 0.379 e. The summed E-state index contributed by atoms with van der Waals surface area (Å²) in [5, 5.41) is 6.38. The summed E-state index contributed by atoms with van der Waals surface area (Å²) in [5.41, 5.74) is 0. The van der Waals surface area contributed by atoms with E-state index in [2.05, 4.69) is 10.5 Å². The molecule has 1 amide bonds. The van der Waals surface area contributed by atoms with Crippen LogP contribution in [0.25, 0.3) is 0 Å². The predicted molar refractivity (Wildman–Crippen MR) is 64.4 cm³/mol. The van der Waals surface area contributed by atoms with Gasteiger partial charge in [0.15, 0.2) is 5.82 Å². The molecule has 1 fully saturated rings. The van der Waals surface area contributed by atoms with Crippen LogP contribution < -0.4 is 5.32 Å². The second-order valence-electron chi connectivity index (χ2n) is 3.76. The second kappa shape index (κ2) is 6.58. The molecule has 1 aromatic rings. The minimum absolute atomic E-state index is 0. The Balaban J connectivity index is 0.00000144. The van der Waals surface area contributed by atoms with Crippen molar-refractivity contribution in [2.45, 2.75) is 6.92 Å². The van der Waals surface area contributed by atoms with E-state index in [1.54, 1.807) is 13.0 Å². The highest BCUT2D eigenvalue weighted by atomic mass is 35.5. The number of anilines is 1. The predicted octanol–water partition coefficient (Wildman–Crippen LogP) is 0.676. The molecule has 1 aromatic heterocycles. The maximum atomic E-state index is 11.6. The van der Waals surface area contributed by atoms with Crippen LogP contribution in [0.3, 0.4) is 0 Å². The number of hydrogen-bond donors (Lipinski definition) is 1. The van der Waals surface area contributed by atoms with E-state index in [-0.39, 0.29) is 18.3 Å². The Morgan fingerprint density at radius 3 is 2.82 bits per heavy atom. The van der Waals surface area contributed by atoms with Gasteiger partial charge in [0, 0.05) is 19.2 Å². The zero-order valence-corrected chi connectivity index (χ0v) is 10.5. The zero-order valence-electron chi connectivity index (χ0n) is 9.64. The number of nitrogens with one attached hydrogen (secondary N) is 1. The third-order valence-electron chi connectivity index (χ3n) is 2.37. The molecule has 2 rings (SSSR count). The minimum atomic E-state index is -0.0739. The lowest BCUT2D eigenvalue weighted by atomic mass is 10.4. The van der Waals surface area contributed by atoms with Gasteiger partial charge in [-0.15, -0.1) is 12.4 Å². The van der Waals surface area contributed by atoms with Crippen molar-refractivity contribution >= 4 is 24.1 Å². The maximum absolute atomic E-state index is 11.6. The third kappa shape index (κ3) is 4.33. The van der Waals surface area contributed by atoms with Crippen molar-refractivity contribution in [3.05, 3.63) is 11.8 Å². The van der Waals surface area contributed by atoms with Crippen LogP contribution >= 0.6 is 12.4 Å². The van der Waals surface area contributed by atoms with Crippen LogP contribution in [0.1, 0.15) is 5.76 Å². The van der Waals surface area contributed by atoms with Gasteiger partial charge in [0.2, 0.25) is 5.91 Å². The van der Waals surface area contributed by atoms with Crippen LogP contribution in [0, 0.1) is 6.92 Å². The molecule has 6 nitrogen and oxygen atoms in total. The SMILES string of the molecule is Cc1cc(NC(=O)CN2CCOCC2)no1.Cl. The van der Waals surface area contributed by atoms with E-state index in [9.17, 15) is 4.79 Å². The first-order valence-electron chi connectivity index (χ1n) is 5.27. The monoisotopic (exact) mass is 261 g/mol. The van der Waals surface area contributed by atoms with Gasteiger partial charge in [0.25, 0.3) is 0 Å². The lowest BCUT2D eigenvalue weighted by Gasteiger charge is -2.25. The summed E-state index contributed by atoms with van der Waals surface area (Å²) < 4.78 is 10.1. The van der Waals surface area contributed by atoms with Crippen molar-refractivity contribution in [2.75, 3.05) is 38.2 Å². The number of morpholine rings is 1. The third-order valence-corrected chi connectivity index (χ3v) is 2.37. The molecule has 2 heterocycles. The Morgan fingerprint density at radius 2 is 2.24 bits per heavy atom. The molecule has 7 heteroatoms. The number of ether oxygens (including phenoxy) is 1. The van der Waals surface area contributed by atoms with Crippen molar-refractivity contribution in [1.29, 1.82) is 0 Å². The van der Waals surface area contributed by atoms with Crippen LogP contribution in [-0.4, -0.2) is 48.8 Å². The zero-order chi connectivity index (χ0) is 11.4. The van der Waals surface area contributed by atoms with Gasteiger partial charge >= 0.3 is 0 Å². The molecule has 17 heavy (non-hydrogen) atoms. The van der Waals surface area contributed by atoms with Gasteiger partial charge in [-0.3, -0.25) is 9.69 Å². The molecular weight excluding hydrogens is 246 g/mol. The molecule has 0 aliphatic carbocycles. The van der Waals surface area contributed by atoms with Crippen molar-refractivity contribution in [3.8, 4) is 0 Å². The molecule has 0 spiro atoms. The summed E-state index contributed by atoms with van der Waals surface area (Å²) in [6, 6.07) is 1.69. The van der Waals surface area contributed by atoms with Crippen LogP contribution in [0.15, 0.2) is 10.6 Å². The van der Waals surface area contributed by atoms with Gasteiger partial charge in [-0.05, 0) is 6.92 Å². The van der Waals surface area contributed by atoms with Crippen LogP contribution in [0.2, 0.25) is 0 Å². The van der Waals surface area contributed by atoms with Crippen molar-refractivity contribution in [3.63, 3.8) is 0 Å². The highest BCUT2D eigenvalue weighted by Gasteiger charge is 2.14. The average molecular weight is 262 g/mol. The number of rotatable bonds is 3. The Labute approximate surface area is 106 Å². The lowest BCUT2D eigenvalue weighted by Crippen LogP contribution is -2.41. The smallest absolute Gasteiger partial charge is 0.239 e. The van der Waals surface area contributed by atoms with E-state index in [4.69, 9.17) is 9.26 Å². The van der Waals surface area contributed by atoms with Gasteiger partial charge in [-0.25, -0.2) is 0 Å². The summed E-state index contributed by atoms with van der Waals surface area (Å²) in [4.78, 5) is 13.7. The molecule has 0 bridgehead atoms. The molecule has 1 aliphatic heterocycles. The van der Waals surface area contributed by atoms with E-state index in [0.717, 1.165) is 13.1 Å². The first kappa shape index (κ1) is 14.0. The standard InChI is InChI=1S/C10H15N3O3.ClH/c1-8-6-9(12-16-8)11-10(14)7-13-2-4-15-5-3-13;/h6H,2-5,7H2,1H3,(H,11,12,14);1H. The van der Waals surface area contributed by atoms with E-state index >= 15 is 0 Å². The number of aryl methyl sites for hydroxylation is 1. The van der Waals surface area contributed by atoms with Gasteiger partial charge < -0.3 is 14.6 Å². The number of aromatic nitrogens is 1. The topological polar surface area (TPSA) is 67.6 Å². The van der Waals surface area contributed by atoms with Crippen LogP contribution in [0.5, 0.6) is 0 Å². The number of halogens is 1. The Bertz CT molecular complexity index is 363. The number of nitrogens with zero attached hydrogens (tertiary/aromatic N) is 2. The summed E-state index contributed by atoms with van der Waals surface area (Å²) in [7, 11) is 0. The summed E-state index contributed by atoms with van der Waals surface area (Å²) in [5.74, 6) is 1.08. The molecule has 0 unspecified atom stereocenters. The summed E-state index contributed by atoms with van der Waals surface area (Å²) >= 11 is 0. The summed E-state index contributed by atoms with van der Waals surface area (Å²) in [6.07, 6.45) is 0. The Morgan fingerprint density at radius 1 is 1.53 bits per heavy atom. The van der Waals surface area contributed by atoms with Crippen molar-refractivity contribution in [2.24, 2.45) is 0 Å². The number of carbonyl (C=O) groups excluding carboxylic acids is 1. The highest BCUT2D eigenvalue weighted by molar-refractivity contribution is 5.91. The van der Waals surface area contributed by atoms with Gasteiger partial charge in [0.1, 0.15) is 5.76 Å². The van der Waals surface area contributed by atoms with Gasteiger partial charge in [0.05, 0.1) is 19.8 Å². The number of carbonyl (C=O) groups is 1. The van der Waals surface area contributed by atoms with E-state index in [1.807, 2.05) is 4.90 Å². The highest BCUT2D eigenvalue weighted by Crippen LogP contribution is 2.07. The number of hydrogen-bond acceptors (Lipinski definition) is 5. The van der Waals surface area contributed by atoms with Gasteiger partial charge in [-0.1, -0.05) is 5.16 Å². The Hall–Kier alpha value is -1.11. The molecule has 1 saturated heterocycles. The van der Waals surface area contributed by atoms with Crippen molar-refractivity contribution in [1.82, 2.24) is 10.1 Å². The minimum Gasteiger partial charge on any atom is -0.379 e. The Kier molecular flexibility index (Phi) is 5.40. The quantitative estimate of drug-likeness (QED) is 0.867. The average Bonchev–Trinajstić information content (AvgIpc) is 2.65. The fourth-order valence-electron chi connectivity index (χ4n) is 1.57. The van der Waals surface area contributed by atoms with Crippen LogP contribution in [0.4, 0.5) is 5.82 Å². The normalized spacial score (nSPS) is 16.3. The fourth-order valence-corrected chi connectivity index (χ4v) is 1.57. The van der Waals surface area contributed by atoms with E-state index < -0.39 is 0 Å².